The van der Waals surface area contributed by atoms with Crippen molar-refractivity contribution in [2.75, 3.05) is 46.0 Å². The third-order valence-electron chi connectivity index (χ3n) is 3.15. The van der Waals surface area contributed by atoms with E-state index in [1.165, 1.54) is 0 Å². The lowest BCUT2D eigenvalue weighted by atomic mass is 10.4. The number of hydrogen-bond donors (Lipinski definition) is 0. The second-order valence-corrected chi connectivity index (χ2v) is 9.79. The summed E-state index contributed by atoms with van der Waals surface area (Å²) in [4.78, 5) is 40.9. The predicted molar refractivity (Wildman–Crippen MR) is 108 cm³/mol. The smallest absolute Gasteiger partial charge is 0.143 e. The van der Waals surface area contributed by atoms with Gasteiger partial charge in [-0.1, -0.05) is 0 Å². The molecule has 24 heavy (non-hydrogen) atoms. The molecule has 4 heterocycles. The molecular weight excluding hydrogens is 384 g/mol. The molecule has 4 aliphatic heterocycles. The van der Waals surface area contributed by atoms with Crippen LogP contribution in [0.2, 0.25) is 0 Å². The summed E-state index contributed by atoms with van der Waals surface area (Å²) < 4.78 is 0. The fourth-order valence-electron chi connectivity index (χ4n) is 1.78. The number of Topliss-reactive ketones (excluding diaryl/α,β-unsaturated/α-hetero) is 4. The van der Waals surface area contributed by atoms with Crippen LogP contribution in [0.5, 0.6) is 0 Å². The van der Waals surface area contributed by atoms with E-state index in [2.05, 4.69) is 0 Å². The van der Waals surface area contributed by atoms with Crippen molar-refractivity contribution in [3.8, 4) is 0 Å². The Morgan fingerprint density at radius 3 is 0.667 bits per heavy atom. The molecule has 0 aromatic carbocycles. The van der Waals surface area contributed by atoms with E-state index < -0.39 is 0 Å². The van der Waals surface area contributed by atoms with Crippen molar-refractivity contribution in [2.45, 2.75) is 25.7 Å². The lowest BCUT2D eigenvalue weighted by Gasteiger charge is -1.70. The van der Waals surface area contributed by atoms with Crippen LogP contribution in [0.15, 0.2) is 0 Å². The van der Waals surface area contributed by atoms with Gasteiger partial charge in [-0.15, -0.1) is 0 Å². The van der Waals surface area contributed by atoms with Gasteiger partial charge in [-0.2, -0.15) is 47.0 Å². The molecule has 136 valence electrons. The Labute approximate surface area is 160 Å². The van der Waals surface area contributed by atoms with Gasteiger partial charge in [-0.05, 0) is 0 Å². The van der Waals surface area contributed by atoms with E-state index in [1.54, 1.807) is 47.0 Å². The Morgan fingerprint density at radius 2 is 0.625 bits per heavy atom. The van der Waals surface area contributed by atoms with Crippen LogP contribution in [0.1, 0.15) is 25.7 Å². The monoisotopic (exact) mass is 408 g/mol. The third kappa shape index (κ3) is 12.4. The molecule has 4 nitrogen and oxygen atoms in total. The number of ketones is 4. The minimum atomic E-state index is 0.417. The molecular formula is C16H24O4S4. The molecule has 8 heteroatoms. The van der Waals surface area contributed by atoms with E-state index >= 15 is 0 Å². The molecule has 4 fully saturated rings. The lowest BCUT2D eigenvalue weighted by molar-refractivity contribution is -0.116. The van der Waals surface area contributed by atoms with Gasteiger partial charge >= 0.3 is 0 Å². The van der Waals surface area contributed by atoms with Crippen LogP contribution in [0, 0.1) is 0 Å². The summed E-state index contributed by atoms with van der Waals surface area (Å²) in [7, 11) is 0. The molecule has 0 amide bonds. The zero-order chi connectivity index (χ0) is 17.6. The summed E-state index contributed by atoms with van der Waals surface area (Å²) in [6, 6.07) is 0. The molecule has 0 atom stereocenters. The lowest BCUT2D eigenvalue weighted by Crippen LogP contribution is -1.89. The van der Waals surface area contributed by atoms with Crippen LogP contribution in [0.3, 0.4) is 0 Å². The van der Waals surface area contributed by atoms with Gasteiger partial charge in [0, 0.05) is 48.7 Å². The highest BCUT2D eigenvalue weighted by Gasteiger charge is 2.09. The molecule has 0 aliphatic carbocycles. The van der Waals surface area contributed by atoms with Gasteiger partial charge in [0.25, 0.3) is 0 Å². The minimum Gasteiger partial charge on any atom is -0.299 e. The third-order valence-corrected chi connectivity index (χ3v) is 7.23. The molecule has 0 spiro atoms. The standard InChI is InChI=1S/4C4H6OS/c4*5-4-1-2-6-3-4/h4*1-3H2. The highest BCUT2D eigenvalue weighted by atomic mass is 32.2. The number of thioether (sulfide) groups is 4. The first-order valence-electron chi connectivity index (χ1n) is 7.95. The maximum absolute atomic E-state index is 10.2. The van der Waals surface area contributed by atoms with E-state index in [1.807, 2.05) is 0 Å². The maximum Gasteiger partial charge on any atom is 0.143 e. The number of carbonyl (C=O) groups is 4. The van der Waals surface area contributed by atoms with Gasteiger partial charge in [0.15, 0.2) is 0 Å². The van der Waals surface area contributed by atoms with E-state index in [9.17, 15) is 19.2 Å². The second kappa shape index (κ2) is 14.3. The van der Waals surface area contributed by atoms with Gasteiger partial charge in [0.1, 0.15) is 23.1 Å². The van der Waals surface area contributed by atoms with Crippen molar-refractivity contribution in [2.24, 2.45) is 0 Å². The Morgan fingerprint density at radius 1 is 0.417 bits per heavy atom. The van der Waals surface area contributed by atoms with Crippen molar-refractivity contribution in [3.63, 3.8) is 0 Å². The van der Waals surface area contributed by atoms with Crippen LogP contribution in [-0.4, -0.2) is 69.2 Å². The first kappa shape index (κ1) is 22.1. The Bertz CT molecular complexity index is 328. The molecule has 0 unspecified atom stereocenters. The number of hydrogen-bond acceptors (Lipinski definition) is 8. The summed E-state index contributed by atoms with van der Waals surface area (Å²) >= 11 is 6.93. The van der Waals surface area contributed by atoms with Crippen LogP contribution in [-0.2, 0) is 19.2 Å². The van der Waals surface area contributed by atoms with Gasteiger partial charge in [0.2, 0.25) is 0 Å². The van der Waals surface area contributed by atoms with E-state index in [0.717, 1.165) is 71.7 Å². The summed E-state index contributed by atoms with van der Waals surface area (Å²) in [5, 5.41) is 0. The minimum absolute atomic E-state index is 0.417. The summed E-state index contributed by atoms with van der Waals surface area (Å²) in [5.74, 6) is 8.94. The average Bonchev–Trinajstić information content (AvgIpc) is 3.31. The predicted octanol–water partition coefficient (Wildman–Crippen LogP) is 2.77. The van der Waals surface area contributed by atoms with Crippen molar-refractivity contribution in [1.82, 2.24) is 0 Å². The largest absolute Gasteiger partial charge is 0.299 e. The topological polar surface area (TPSA) is 68.3 Å². The second-order valence-electron chi connectivity index (χ2n) is 5.37. The van der Waals surface area contributed by atoms with Crippen molar-refractivity contribution >= 4 is 70.2 Å². The van der Waals surface area contributed by atoms with Crippen LogP contribution in [0.4, 0.5) is 0 Å². The molecule has 4 aliphatic rings. The highest BCUT2D eigenvalue weighted by Crippen LogP contribution is 2.13. The molecule has 0 aromatic rings. The zero-order valence-electron chi connectivity index (χ0n) is 13.8. The fourth-order valence-corrected chi connectivity index (χ4v) is 5.33. The Balaban J connectivity index is 0.000000160. The van der Waals surface area contributed by atoms with Gasteiger partial charge < -0.3 is 0 Å². The van der Waals surface area contributed by atoms with Crippen LogP contribution in [0.25, 0.3) is 0 Å². The SMILES string of the molecule is O=C1CCSC1.O=C1CCSC1.O=C1CCSC1.O=C1CCSC1. The van der Waals surface area contributed by atoms with Crippen molar-refractivity contribution in [1.29, 1.82) is 0 Å². The molecule has 0 aromatic heterocycles. The quantitative estimate of drug-likeness (QED) is 0.606. The van der Waals surface area contributed by atoms with Gasteiger partial charge in [-0.25, -0.2) is 0 Å². The number of rotatable bonds is 0. The van der Waals surface area contributed by atoms with E-state index in [-0.39, 0.29) is 0 Å². The first-order valence-corrected chi connectivity index (χ1v) is 12.6. The van der Waals surface area contributed by atoms with E-state index in [0.29, 0.717) is 23.1 Å². The van der Waals surface area contributed by atoms with Crippen LogP contribution < -0.4 is 0 Å². The van der Waals surface area contributed by atoms with Crippen molar-refractivity contribution < 1.29 is 19.2 Å². The fraction of sp³-hybridized carbons (Fsp3) is 0.750. The van der Waals surface area contributed by atoms with Crippen LogP contribution >= 0.6 is 47.0 Å². The number of carbonyl (C=O) groups excluding carboxylic acids is 4. The van der Waals surface area contributed by atoms with Gasteiger partial charge in [0.05, 0.1) is 23.0 Å². The molecule has 4 rings (SSSR count). The zero-order valence-corrected chi connectivity index (χ0v) is 17.0. The summed E-state index contributed by atoms with van der Waals surface area (Å²) in [6.07, 6.45) is 3.24. The normalized spacial score (nSPS) is 22.3. The van der Waals surface area contributed by atoms with Gasteiger partial charge in [-0.3, -0.25) is 19.2 Å². The summed E-state index contributed by atoms with van der Waals surface area (Å²) in [6.45, 7) is 0. The van der Waals surface area contributed by atoms with E-state index in [4.69, 9.17) is 0 Å². The maximum atomic E-state index is 10.2. The Hall–Kier alpha value is 0.0800. The summed E-state index contributed by atoms with van der Waals surface area (Å²) in [5.41, 5.74) is 0. The average molecular weight is 409 g/mol. The molecule has 4 saturated heterocycles. The first-order chi connectivity index (χ1) is 11.6. The molecule has 0 N–H and O–H groups in total. The van der Waals surface area contributed by atoms with Crippen molar-refractivity contribution in [3.05, 3.63) is 0 Å². The highest BCUT2D eigenvalue weighted by molar-refractivity contribution is 8.01. The molecule has 0 bridgehead atoms. The Kier molecular flexibility index (Phi) is 13.2. The molecule has 0 radical (unpaired) electrons. The molecule has 0 saturated carbocycles.